The molecule has 4 heterocycles. The van der Waals surface area contributed by atoms with Crippen LogP contribution < -0.4 is 14.0 Å². The van der Waals surface area contributed by atoms with E-state index in [-0.39, 0.29) is 22.3 Å². The minimum Gasteiger partial charge on any atom is -0.378 e. The van der Waals surface area contributed by atoms with Gasteiger partial charge in [0.25, 0.3) is 0 Å². The molecule has 48 heavy (non-hydrogen) atoms. The molecule has 0 radical (unpaired) electrons. The van der Waals surface area contributed by atoms with E-state index >= 15 is 4.39 Å². The fourth-order valence-corrected chi connectivity index (χ4v) is 11.6. The van der Waals surface area contributed by atoms with Crippen LogP contribution in [0.1, 0.15) is 94.5 Å². The summed E-state index contributed by atoms with van der Waals surface area (Å²) in [5.74, 6) is -0.0788. The average Bonchev–Trinajstić information content (AvgIpc) is 3.08. The van der Waals surface area contributed by atoms with Crippen molar-refractivity contribution in [3.05, 3.63) is 113 Å². The van der Waals surface area contributed by atoms with Gasteiger partial charge in [-0.1, -0.05) is 65.3 Å². The first-order valence-corrected chi connectivity index (χ1v) is 18.3. The van der Waals surface area contributed by atoms with E-state index in [0.29, 0.717) is 0 Å². The Bertz CT molecular complexity index is 2200. The third kappa shape index (κ3) is 3.21. The molecular weight excluding hydrogens is 590 g/mol. The number of halogens is 1. The molecule has 3 unspecified atom stereocenters. The molecule has 9 rings (SSSR count). The van der Waals surface area contributed by atoms with E-state index < -0.39 is 5.41 Å². The molecule has 0 saturated heterocycles. The SMILES string of the molecule is CCCCc1ccc2c3c4[n+](ccc13)C1(CC)CC3(Cc5ccc(N(C)C)cc5-c5cccc[n+]53)C1(CC)c1ccc(F)c(c1-4)C2(C)C. The maximum atomic E-state index is 16.6. The van der Waals surface area contributed by atoms with Gasteiger partial charge in [0, 0.05) is 61.8 Å². The maximum absolute atomic E-state index is 16.6. The van der Waals surface area contributed by atoms with E-state index in [1.165, 1.54) is 74.1 Å². The van der Waals surface area contributed by atoms with Gasteiger partial charge in [-0.05, 0) is 71.2 Å². The lowest BCUT2D eigenvalue weighted by Crippen LogP contribution is -2.91. The van der Waals surface area contributed by atoms with Crippen LogP contribution in [-0.4, -0.2) is 14.1 Å². The number of aromatic nitrogens is 2. The Hall–Kier alpha value is -4.05. The lowest BCUT2D eigenvalue weighted by molar-refractivity contribution is -0.866. The third-order valence-corrected chi connectivity index (χ3v) is 13.6. The van der Waals surface area contributed by atoms with Crippen molar-refractivity contribution in [3.8, 4) is 22.5 Å². The molecule has 0 bridgehead atoms. The number of pyridine rings is 2. The van der Waals surface area contributed by atoms with E-state index in [1.807, 2.05) is 6.07 Å². The number of fused-ring (bicyclic) bond motifs is 8. The van der Waals surface area contributed by atoms with Gasteiger partial charge in [-0.2, -0.15) is 9.13 Å². The van der Waals surface area contributed by atoms with E-state index in [0.717, 1.165) is 37.7 Å². The first-order valence-electron chi connectivity index (χ1n) is 18.3. The molecule has 0 N–H and O–H groups in total. The number of unbranched alkanes of at least 4 members (excludes halogenated alkanes) is 1. The number of aryl methyl sites for hydroxylation is 1. The Balaban J connectivity index is 1.40. The Labute approximate surface area is 285 Å². The minimum atomic E-state index is -0.464. The summed E-state index contributed by atoms with van der Waals surface area (Å²) in [6, 6.07) is 24.9. The van der Waals surface area contributed by atoms with Crippen molar-refractivity contribution in [3.63, 3.8) is 0 Å². The lowest BCUT2D eigenvalue weighted by Gasteiger charge is -2.66. The summed E-state index contributed by atoms with van der Waals surface area (Å²) >= 11 is 0. The van der Waals surface area contributed by atoms with Gasteiger partial charge < -0.3 is 4.90 Å². The minimum absolute atomic E-state index is 0.0788. The van der Waals surface area contributed by atoms with Crippen molar-refractivity contribution in [2.24, 2.45) is 0 Å². The van der Waals surface area contributed by atoms with Crippen molar-refractivity contribution in [1.29, 1.82) is 0 Å². The summed E-state index contributed by atoms with van der Waals surface area (Å²) in [5, 5.41) is 2.71. The van der Waals surface area contributed by atoms with Gasteiger partial charge in [0.15, 0.2) is 23.5 Å². The first kappa shape index (κ1) is 30.0. The molecule has 4 aliphatic rings. The molecule has 3 nitrogen and oxygen atoms in total. The molecule has 1 spiro atoms. The number of anilines is 1. The Morgan fingerprint density at radius 3 is 2.42 bits per heavy atom. The second kappa shape index (κ2) is 9.77. The van der Waals surface area contributed by atoms with Crippen LogP contribution in [0.4, 0.5) is 10.1 Å². The molecule has 4 heteroatoms. The molecule has 1 fully saturated rings. The largest absolute Gasteiger partial charge is 0.378 e. The van der Waals surface area contributed by atoms with Crippen LogP contribution in [0.25, 0.3) is 33.3 Å². The van der Waals surface area contributed by atoms with Crippen LogP contribution in [0.2, 0.25) is 0 Å². The summed E-state index contributed by atoms with van der Waals surface area (Å²) in [5.41, 5.74) is 11.5. The molecule has 244 valence electrons. The summed E-state index contributed by atoms with van der Waals surface area (Å²) in [6.45, 7) is 11.6. The van der Waals surface area contributed by atoms with Crippen molar-refractivity contribution in [2.75, 3.05) is 19.0 Å². The summed E-state index contributed by atoms with van der Waals surface area (Å²) < 4.78 is 22.0. The van der Waals surface area contributed by atoms with Crippen LogP contribution in [0.5, 0.6) is 0 Å². The molecule has 3 aromatic carbocycles. The molecule has 3 atom stereocenters. The summed E-state index contributed by atoms with van der Waals surface area (Å²) in [4.78, 5) is 2.20. The van der Waals surface area contributed by atoms with Crippen molar-refractivity contribution < 1.29 is 13.5 Å². The molecular formula is C44H48FN3+2. The molecule has 5 aromatic rings. The highest BCUT2D eigenvalue weighted by Gasteiger charge is 2.86. The zero-order valence-electron chi connectivity index (χ0n) is 29.7. The monoisotopic (exact) mass is 637 g/mol. The molecule has 2 aromatic heterocycles. The number of benzene rings is 3. The number of hydrogen-bond donors (Lipinski definition) is 0. The zero-order chi connectivity index (χ0) is 33.4. The maximum Gasteiger partial charge on any atom is 0.221 e. The second-order valence-corrected chi connectivity index (χ2v) is 15.9. The van der Waals surface area contributed by atoms with Gasteiger partial charge in [0.1, 0.15) is 11.2 Å². The standard InChI is InChI=1S/C44H48FN3/c1-8-11-14-28-17-19-33-37-31(28)22-24-48-40(37)38-34(20-21-35(45)39(38)41(33,4)5)44(10-3)42(48,9-2)27-43(44)26-29-16-18-30(46(6)7)25-32(29)36-15-12-13-23-47(36)43/h12-13,15-25H,8-11,14,26-27H2,1-7H3/q+2. The Kier molecular flexibility index (Phi) is 6.12. The lowest BCUT2D eigenvalue weighted by atomic mass is 9.36. The van der Waals surface area contributed by atoms with Gasteiger partial charge in [-0.3, -0.25) is 0 Å². The van der Waals surface area contributed by atoms with Gasteiger partial charge in [-0.15, -0.1) is 0 Å². The topological polar surface area (TPSA) is 11.0 Å². The van der Waals surface area contributed by atoms with Crippen LogP contribution >= 0.6 is 0 Å². The predicted octanol–water partition coefficient (Wildman–Crippen LogP) is 9.06. The Morgan fingerprint density at radius 2 is 1.67 bits per heavy atom. The molecule has 2 aliphatic heterocycles. The van der Waals surface area contributed by atoms with Crippen molar-refractivity contribution in [2.45, 2.75) is 101 Å². The Morgan fingerprint density at radius 1 is 0.854 bits per heavy atom. The second-order valence-electron chi connectivity index (χ2n) is 15.9. The van der Waals surface area contributed by atoms with Crippen LogP contribution in [0.15, 0.2) is 79.1 Å². The van der Waals surface area contributed by atoms with Gasteiger partial charge >= 0.3 is 0 Å². The smallest absolute Gasteiger partial charge is 0.221 e. The van der Waals surface area contributed by atoms with Crippen LogP contribution in [-0.2, 0) is 34.7 Å². The number of hydrogen-bond acceptors (Lipinski definition) is 1. The van der Waals surface area contributed by atoms with Crippen LogP contribution in [0, 0.1) is 5.82 Å². The van der Waals surface area contributed by atoms with E-state index in [4.69, 9.17) is 0 Å². The summed E-state index contributed by atoms with van der Waals surface area (Å²) in [6.07, 6.45) is 12.1. The first-order chi connectivity index (χ1) is 23.1. The van der Waals surface area contributed by atoms with Gasteiger partial charge in [0.05, 0.1) is 22.9 Å². The highest BCUT2D eigenvalue weighted by atomic mass is 19.1. The van der Waals surface area contributed by atoms with E-state index in [1.54, 1.807) is 0 Å². The molecule has 2 aliphatic carbocycles. The normalized spacial score (nSPS) is 24.9. The van der Waals surface area contributed by atoms with Crippen molar-refractivity contribution in [1.82, 2.24) is 0 Å². The van der Waals surface area contributed by atoms with Crippen LogP contribution in [0.3, 0.4) is 0 Å². The molecule has 1 saturated carbocycles. The fraction of sp³-hybridized carbons (Fsp3) is 0.409. The van der Waals surface area contributed by atoms with E-state index in [2.05, 4.69) is 136 Å². The van der Waals surface area contributed by atoms with Crippen molar-refractivity contribution >= 4 is 16.5 Å². The number of nitrogens with zero attached hydrogens (tertiary/aromatic N) is 3. The van der Waals surface area contributed by atoms with E-state index in [9.17, 15) is 0 Å². The highest BCUT2D eigenvalue weighted by Crippen LogP contribution is 2.71. The third-order valence-electron chi connectivity index (χ3n) is 13.6. The number of rotatable bonds is 6. The predicted molar refractivity (Wildman–Crippen MR) is 193 cm³/mol. The quantitative estimate of drug-likeness (QED) is 0.169. The highest BCUT2D eigenvalue weighted by molar-refractivity contribution is 6.03. The molecule has 0 amide bonds. The average molecular weight is 638 g/mol. The summed E-state index contributed by atoms with van der Waals surface area (Å²) in [7, 11) is 4.24. The van der Waals surface area contributed by atoms with Gasteiger partial charge in [0.2, 0.25) is 11.4 Å². The fourth-order valence-electron chi connectivity index (χ4n) is 11.6. The van der Waals surface area contributed by atoms with Gasteiger partial charge in [-0.25, -0.2) is 4.39 Å². The zero-order valence-corrected chi connectivity index (χ0v) is 29.7.